The Labute approximate surface area is 123 Å². The van der Waals surface area contributed by atoms with E-state index in [1.807, 2.05) is 12.1 Å². The molecule has 1 aromatic carbocycles. The van der Waals surface area contributed by atoms with Crippen LogP contribution in [-0.2, 0) is 0 Å². The average molecular weight is 369 g/mol. The van der Waals surface area contributed by atoms with Gasteiger partial charge in [0.15, 0.2) is 0 Å². The lowest BCUT2D eigenvalue weighted by Crippen LogP contribution is -1.95. The molecule has 0 heterocycles. The molecule has 92 valence electrons. The molecule has 0 bridgehead atoms. The van der Waals surface area contributed by atoms with E-state index in [1.165, 1.54) is 11.8 Å². The van der Waals surface area contributed by atoms with Crippen molar-refractivity contribution < 1.29 is 0 Å². The van der Waals surface area contributed by atoms with Gasteiger partial charge in [-0.05, 0) is 55.5 Å². The Morgan fingerprint density at radius 1 is 1.22 bits per heavy atom. The third kappa shape index (κ3) is 3.60. The van der Waals surface area contributed by atoms with Crippen LogP contribution in [0.5, 0.6) is 0 Å². The molecule has 0 aromatic heterocycles. The van der Waals surface area contributed by atoms with E-state index >= 15 is 0 Å². The van der Waals surface area contributed by atoms with Crippen molar-refractivity contribution in [2.24, 2.45) is 0 Å². The summed E-state index contributed by atoms with van der Waals surface area (Å²) in [5.41, 5.74) is 2.02. The van der Waals surface area contributed by atoms with Crippen LogP contribution in [0.15, 0.2) is 32.9 Å². The van der Waals surface area contributed by atoms with Crippen LogP contribution in [0.25, 0.3) is 0 Å². The highest BCUT2D eigenvalue weighted by atomic mass is 79.9. The van der Waals surface area contributed by atoms with Gasteiger partial charge in [-0.3, -0.25) is 0 Å². The maximum absolute atomic E-state index is 8.66. The summed E-state index contributed by atoms with van der Waals surface area (Å²) < 4.78 is 1.76. The van der Waals surface area contributed by atoms with Gasteiger partial charge in [-0.15, -0.1) is 0 Å². The molecule has 0 saturated heterocycles. The fourth-order valence-corrected chi connectivity index (χ4v) is 2.75. The second-order valence-corrected chi connectivity index (χ2v) is 5.65. The standard InChI is InChI=1S/C13H11Br2N3/c1-8(2)10-3-11(14)13(12(15)4-10)18-7-9(5-16)6-17/h3-4,7-8,18H,1-2H3. The molecule has 0 aliphatic carbocycles. The zero-order valence-electron chi connectivity index (χ0n) is 9.96. The number of anilines is 1. The number of nitriles is 2. The molecule has 1 N–H and O–H groups in total. The van der Waals surface area contributed by atoms with Gasteiger partial charge in [-0.1, -0.05) is 13.8 Å². The van der Waals surface area contributed by atoms with Crippen molar-refractivity contribution in [3.05, 3.63) is 38.4 Å². The van der Waals surface area contributed by atoms with Crippen molar-refractivity contribution in [1.29, 1.82) is 10.5 Å². The summed E-state index contributed by atoms with van der Waals surface area (Å²) in [6.45, 7) is 4.23. The highest BCUT2D eigenvalue weighted by molar-refractivity contribution is 9.11. The average Bonchev–Trinajstić information content (AvgIpc) is 2.32. The van der Waals surface area contributed by atoms with Gasteiger partial charge in [0.2, 0.25) is 0 Å². The monoisotopic (exact) mass is 367 g/mol. The third-order valence-electron chi connectivity index (χ3n) is 2.33. The Bertz CT molecular complexity index is 524. The molecule has 0 aliphatic rings. The maximum atomic E-state index is 8.66. The van der Waals surface area contributed by atoms with Crippen LogP contribution in [0.2, 0.25) is 0 Å². The van der Waals surface area contributed by atoms with Crippen LogP contribution < -0.4 is 5.32 Å². The van der Waals surface area contributed by atoms with E-state index in [9.17, 15) is 0 Å². The van der Waals surface area contributed by atoms with Gasteiger partial charge >= 0.3 is 0 Å². The van der Waals surface area contributed by atoms with Gasteiger partial charge in [0.25, 0.3) is 0 Å². The van der Waals surface area contributed by atoms with Crippen molar-refractivity contribution in [2.45, 2.75) is 19.8 Å². The molecular weight excluding hydrogens is 358 g/mol. The molecular formula is C13H11Br2N3. The van der Waals surface area contributed by atoms with Gasteiger partial charge in [-0.25, -0.2) is 0 Å². The van der Waals surface area contributed by atoms with E-state index in [2.05, 4.69) is 51.0 Å². The van der Waals surface area contributed by atoms with Crippen LogP contribution >= 0.6 is 31.9 Å². The minimum absolute atomic E-state index is 0.0294. The molecule has 0 fully saturated rings. The van der Waals surface area contributed by atoms with Gasteiger partial charge in [0.05, 0.1) is 5.69 Å². The van der Waals surface area contributed by atoms with Crippen molar-refractivity contribution in [1.82, 2.24) is 0 Å². The minimum atomic E-state index is 0.0294. The van der Waals surface area contributed by atoms with Crippen LogP contribution in [0.3, 0.4) is 0 Å². The number of hydrogen-bond acceptors (Lipinski definition) is 3. The molecule has 1 aromatic rings. The summed E-state index contributed by atoms with van der Waals surface area (Å²) >= 11 is 6.95. The number of hydrogen-bond donors (Lipinski definition) is 1. The normalized spacial score (nSPS) is 9.50. The first-order valence-corrected chi connectivity index (χ1v) is 6.84. The number of rotatable bonds is 3. The Morgan fingerprint density at radius 2 is 1.72 bits per heavy atom. The smallest absolute Gasteiger partial charge is 0.145 e. The second-order valence-electron chi connectivity index (χ2n) is 3.94. The second kappa shape index (κ2) is 6.58. The highest BCUT2D eigenvalue weighted by Crippen LogP contribution is 2.34. The molecule has 0 saturated carbocycles. The first-order valence-electron chi connectivity index (χ1n) is 5.25. The van der Waals surface area contributed by atoms with E-state index < -0.39 is 0 Å². The summed E-state index contributed by atoms with van der Waals surface area (Å²) in [4.78, 5) is 0. The fourth-order valence-electron chi connectivity index (χ4n) is 1.30. The van der Waals surface area contributed by atoms with Gasteiger partial charge in [0, 0.05) is 15.1 Å². The number of benzene rings is 1. The maximum Gasteiger partial charge on any atom is 0.145 e. The number of nitrogens with one attached hydrogen (secondary N) is 1. The fraction of sp³-hybridized carbons (Fsp3) is 0.231. The Morgan fingerprint density at radius 3 is 2.11 bits per heavy atom. The summed E-state index contributed by atoms with van der Waals surface area (Å²) in [7, 11) is 0. The summed E-state index contributed by atoms with van der Waals surface area (Å²) in [6.07, 6.45) is 1.39. The molecule has 0 amide bonds. The molecule has 3 nitrogen and oxygen atoms in total. The quantitative estimate of drug-likeness (QED) is 0.788. The topological polar surface area (TPSA) is 59.6 Å². The lowest BCUT2D eigenvalue weighted by atomic mass is 10.0. The van der Waals surface area contributed by atoms with Crippen LogP contribution in [0.4, 0.5) is 5.69 Å². The zero-order chi connectivity index (χ0) is 13.7. The van der Waals surface area contributed by atoms with Crippen LogP contribution in [0.1, 0.15) is 25.3 Å². The molecule has 0 spiro atoms. The zero-order valence-corrected chi connectivity index (χ0v) is 13.1. The summed E-state index contributed by atoms with van der Waals surface area (Å²) in [5, 5.41) is 20.3. The summed E-state index contributed by atoms with van der Waals surface area (Å²) in [6, 6.07) is 7.63. The van der Waals surface area contributed by atoms with Crippen LogP contribution in [-0.4, -0.2) is 0 Å². The highest BCUT2D eigenvalue weighted by Gasteiger charge is 2.09. The lowest BCUT2D eigenvalue weighted by Gasteiger charge is -2.12. The van der Waals surface area contributed by atoms with E-state index in [0.717, 1.165) is 14.6 Å². The Balaban J connectivity index is 3.10. The predicted octanol–water partition coefficient (Wildman–Crippen LogP) is 4.68. The lowest BCUT2D eigenvalue weighted by molar-refractivity contribution is 0.865. The number of allylic oxidation sites excluding steroid dienone is 1. The minimum Gasteiger partial charge on any atom is -0.358 e. The first kappa shape index (κ1) is 14.8. The molecule has 0 unspecified atom stereocenters. The van der Waals surface area contributed by atoms with Gasteiger partial charge in [0.1, 0.15) is 17.7 Å². The van der Waals surface area contributed by atoms with Gasteiger partial charge in [-0.2, -0.15) is 10.5 Å². The first-order chi connectivity index (χ1) is 8.49. The number of nitrogens with zero attached hydrogens (tertiary/aromatic N) is 2. The molecule has 18 heavy (non-hydrogen) atoms. The van der Waals surface area contributed by atoms with Crippen LogP contribution in [0, 0.1) is 22.7 Å². The Kier molecular flexibility index (Phi) is 5.40. The van der Waals surface area contributed by atoms with Crippen molar-refractivity contribution >= 4 is 37.5 Å². The van der Waals surface area contributed by atoms with Crippen molar-refractivity contribution in [3.63, 3.8) is 0 Å². The molecule has 5 heteroatoms. The molecule has 0 radical (unpaired) electrons. The SMILES string of the molecule is CC(C)c1cc(Br)c(NC=C(C#N)C#N)c(Br)c1. The van der Waals surface area contributed by atoms with E-state index in [1.54, 1.807) is 12.1 Å². The predicted molar refractivity (Wildman–Crippen MR) is 78.9 cm³/mol. The largest absolute Gasteiger partial charge is 0.358 e. The molecule has 1 rings (SSSR count). The van der Waals surface area contributed by atoms with E-state index in [0.29, 0.717) is 5.92 Å². The molecule has 0 atom stereocenters. The summed E-state index contributed by atoms with van der Waals surface area (Å²) in [5.74, 6) is 0.427. The molecule has 0 aliphatic heterocycles. The van der Waals surface area contributed by atoms with E-state index in [4.69, 9.17) is 10.5 Å². The number of halogens is 2. The van der Waals surface area contributed by atoms with Gasteiger partial charge < -0.3 is 5.32 Å². The Hall–Kier alpha value is -1.30. The van der Waals surface area contributed by atoms with E-state index in [-0.39, 0.29) is 5.57 Å². The third-order valence-corrected chi connectivity index (χ3v) is 3.58. The van der Waals surface area contributed by atoms with Crippen molar-refractivity contribution in [3.8, 4) is 12.1 Å². The van der Waals surface area contributed by atoms with Crippen molar-refractivity contribution in [2.75, 3.05) is 5.32 Å².